The Morgan fingerprint density at radius 3 is 2.87 bits per heavy atom. The monoisotopic (exact) mass is 329 g/mol. The van der Waals surface area contributed by atoms with Gasteiger partial charge in [-0.2, -0.15) is 0 Å². The van der Waals surface area contributed by atoms with E-state index in [1.54, 1.807) is 25.5 Å². The van der Waals surface area contributed by atoms with Crippen molar-refractivity contribution in [3.8, 4) is 0 Å². The summed E-state index contributed by atoms with van der Waals surface area (Å²) in [6, 6.07) is 0.0670. The zero-order chi connectivity index (χ0) is 16.4. The number of carboxylic acids is 1. The normalized spacial score (nSPS) is 12.3. The largest absolute Gasteiger partial charge is 0.477 e. The molecule has 0 unspecified atom stereocenters. The first-order chi connectivity index (χ1) is 11.1. The fourth-order valence-corrected chi connectivity index (χ4v) is 3.41. The standard InChI is InChI=1S/C15H15N5O2S/c1-8(5-10-6-16-3-4-17-10)20-13-11-9(2)12(15(21)22)23-14(11)19-7-18-13/h3-4,6-8H,5H2,1-2H3,(H,21,22)(H,18,19,20)/t8-/m1/s1. The molecule has 2 N–H and O–H groups in total. The number of aryl methyl sites for hydroxylation is 1. The van der Waals surface area contributed by atoms with Gasteiger partial charge in [0.25, 0.3) is 0 Å². The second-order valence-corrected chi connectivity index (χ2v) is 6.21. The molecule has 3 aromatic rings. The minimum Gasteiger partial charge on any atom is -0.477 e. The molecule has 3 heterocycles. The molecule has 0 aliphatic heterocycles. The molecule has 8 heteroatoms. The van der Waals surface area contributed by atoms with Gasteiger partial charge in [0.05, 0.1) is 11.1 Å². The van der Waals surface area contributed by atoms with Crippen molar-refractivity contribution in [2.24, 2.45) is 0 Å². The van der Waals surface area contributed by atoms with Crippen LogP contribution in [0.1, 0.15) is 27.9 Å². The summed E-state index contributed by atoms with van der Waals surface area (Å²) in [4.78, 5) is 29.0. The predicted octanol–water partition coefficient (Wildman–Crippen LogP) is 2.53. The Labute approximate surface area is 136 Å². The number of carboxylic acid groups (broad SMARTS) is 1. The topological polar surface area (TPSA) is 101 Å². The van der Waals surface area contributed by atoms with E-state index in [1.165, 1.54) is 6.33 Å². The van der Waals surface area contributed by atoms with E-state index in [9.17, 15) is 9.90 Å². The van der Waals surface area contributed by atoms with E-state index in [4.69, 9.17) is 0 Å². The molecule has 118 valence electrons. The van der Waals surface area contributed by atoms with Crippen molar-refractivity contribution < 1.29 is 9.90 Å². The molecule has 0 aliphatic carbocycles. The molecule has 0 saturated heterocycles. The minimum absolute atomic E-state index is 0.0670. The summed E-state index contributed by atoms with van der Waals surface area (Å²) >= 11 is 1.16. The van der Waals surface area contributed by atoms with Crippen molar-refractivity contribution in [2.45, 2.75) is 26.3 Å². The summed E-state index contributed by atoms with van der Waals surface area (Å²) in [7, 11) is 0. The maximum Gasteiger partial charge on any atom is 0.346 e. The number of nitrogens with one attached hydrogen (secondary N) is 1. The maximum absolute atomic E-state index is 11.3. The SMILES string of the molecule is Cc1c(C(=O)O)sc2ncnc(N[C@H](C)Cc3cnccn3)c12. The van der Waals surface area contributed by atoms with Gasteiger partial charge in [-0.25, -0.2) is 14.8 Å². The Hall–Kier alpha value is -2.61. The van der Waals surface area contributed by atoms with Crippen molar-refractivity contribution in [3.05, 3.63) is 41.1 Å². The Morgan fingerprint density at radius 1 is 1.35 bits per heavy atom. The van der Waals surface area contributed by atoms with Crippen LogP contribution in [0.2, 0.25) is 0 Å². The molecule has 3 rings (SSSR count). The van der Waals surface area contributed by atoms with Gasteiger partial charge in [-0.1, -0.05) is 0 Å². The highest BCUT2D eigenvalue weighted by atomic mass is 32.1. The Kier molecular flexibility index (Phi) is 4.16. The summed E-state index contributed by atoms with van der Waals surface area (Å²) in [5, 5.41) is 13.3. The van der Waals surface area contributed by atoms with E-state index in [2.05, 4.69) is 25.3 Å². The number of anilines is 1. The molecule has 0 bridgehead atoms. The van der Waals surface area contributed by atoms with E-state index in [-0.39, 0.29) is 6.04 Å². The molecule has 1 atom stereocenters. The molecular weight excluding hydrogens is 314 g/mol. The molecule has 0 fully saturated rings. The first-order valence-electron chi connectivity index (χ1n) is 7.05. The summed E-state index contributed by atoms with van der Waals surface area (Å²) in [5.41, 5.74) is 1.57. The van der Waals surface area contributed by atoms with Crippen LogP contribution in [0.25, 0.3) is 10.2 Å². The average Bonchev–Trinajstić information content (AvgIpc) is 2.86. The molecule has 23 heavy (non-hydrogen) atoms. The Balaban J connectivity index is 1.89. The molecule has 0 amide bonds. The summed E-state index contributed by atoms with van der Waals surface area (Å²) in [6.45, 7) is 3.80. The van der Waals surface area contributed by atoms with Gasteiger partial charge in [0.2, 0.25) is 0 Å². The van der Waals surface area contributed by atoms with Crippen LogP contribution in [0.4, 0.5) is 5.82 Å². The number of fused-ring (bicyclic) bond motifs is 1. The van der Waals surface area contributed by atoms with Gasteiger partial charge in [-0.05, 0) is 19.4 Å². The van der Waals surface area contributed by atoms with Crippen LogP contribution in [-0.2, 0) is 6.42 Å². The van der Waals surface area contributed by atoms with Crippen LogP contribution in [0.3, 0.4) is 0 Å². The molecule has 0 aliphatic rings. The van der Waals surface area contributed by atoms with Crippen LogP contribution < -0.4 is 5.32 Å². The fraction of sp³-hybridized carbons (Fsp3) is 0.267. The Bertz CT molecular complexity index is 850. The second kappa shape index (κ2) is 6.25. The zero-order valence-electron chi connectivity index (χ0n) is 12.6. The van der Waals surface area contributed by atoms with Crippen LogP contribution in [0, 0.1) is 6.92 Å². The van der Waals surface area contributed by atoms with Gasteiger partial charge in [-0.3, -0.25) is 9.97 Å². The third-order valence-corrected chi connectivity index (χ3v) is 4.62. The third-order valence-electron chi connectivity index (χ3n) is 3.44. The lowest BCUT2D eigenvalue weighted by molar-refractivity contribution is 0.0701. The first kappa shape index (κ1) is 15.3. The van der Waals surface area contributed by atoms with Gasteiger partial charge in [0.1, 0.15) is 21.9 Å². The quantitative estimate of drug-likeness (QED) is 0.741. The summed E-state index contributed by atoms with van der Waals surface area (Å²) in [5.74, 6) is -0.295. The maximum atomic E-state index is 11.3. The number of hydrogen-bond acceptors (Lipinski definition) is 7. The highest BCUT2D eigenvalue weighted by Crippen LogP contribution is 2.33. The van der Waals surface area contributed by atoms with Crippen molar-refractivity contribution in [1.82, 2.24) is 19.9 Å². The number of carbonyl (C=O) groups is 1. The van der Waals surface area contributed by atoms with E-state index in [1.807, 2.05) is 6.92 Å². The zero-order valence-corrected chi connectivity index (χ0v) is 13.5. The van der Waals surface area contributed by atoms with Crippen LogP contribution in [-0.4, -0.2) is 37.1 Å². The molecule has 0 saturated carbocycles. The van der Waals surface area contributed by atoms with Gasteiger partial charge in [0, 0.05) is 31.1 Å². The van der Waals surface area contributed by atoms with E-state index in [0.29, 0.717) is 27.5 Å². The van der Waals surface area contributed by atoms with Crippen LogP contribution in [0.5, 0.6) is 0 Å². The van der Waals surface area contributed by atoms with Crippen molar-refractivity contribution in [3.63, 3.8) is 0 Å². The van der Waals surface area contributed by atoms with Crippen LogP contribution >= 0.6 is 11.3 Å². The third kappa shape index (κ3) is 3.11. The van der Waals surface area contributed by atoms with Gasteiger partial charge in [-0.15, -0.1) is 11.3 Å². The van der Waals surface area contributed by atoms with Crippen LogP contribution in [0.15, 0.2) is 24.9 Å². The van der Waals surface area contributed by atoms with E-state index in [0.717, 1.165) is 22.4 Å². The lowest BCUT2D eigenvalue weighted by Crippen LogP contribution is -2.19. The number of rotatable bonds is 5. The van der Waals surface area contributed by atoms with Crippen molar-refractivity contribution in [2.75, 3.05) is 5.32 Å². The van der Waals surface area contributed by atoms with Gasteiger partial charge >= 0.3 is 5.97 Å². The number of nitrogens with zero attached hydrogens (tertiary/aromatic N) is 4. The molecule has 0 radical (unpaired) electrons. The lowest BCUT2D eigenvalue weighted by atomic mass is 10.1. The molecule has 3 aromatic heterocycles. The number of aromatic nitrogens is 4. The molecule has 0 aromatic carbocycles. The minimum atomic E-state index is -0.941. The molecule has 7 nitrogen and oxygen atoms in total. The summed E-state index contributed by atoms with van der Waals surface area (Å²) in [6.07, 6.45) is 7.16. The number of aromatic carboxylic acids is 1. The van der Waals surface area contributed by atoms with Gasteiger partial charge < -0.3 is 10.4 Å². The first-order valence-corrected chi connectivity index (χ1v) is 7.86. The second-order valence-electron chi connectivity index (χ2n) is 5.21. The highest BCUT2D eigenvalue weighted by molar-refractivity contribution is 7.20. The smallest absolute Gasteiger partial charge is 0.346 e. The van der Waals surface area contributed by atoms with E-state index < -0.39 is 5.97 Å². The predicted molar refractivity (Wildman–Crippen MR) is 87.9 cm³/mol. The summed E-state index contributed by atoms with van der Waals surface area (Å²) < 4.78 is 0. The van der Waals surface area contributed by atoms with Crippen molar-refractivity contribution >= 4 is 33.3 Å². The average molecular weight is 329 g/mol. The van der Waals surface area contributed by atoms with Gasteiger partial charge in [0.15, 0.2) is 0 Å². The number of hydrogen-bond donors (Lipinski definition) is 2. The fourth-order valence-electron chi connectivity index (χ4n) is 2.42. The van der Waals surface area contributed by atoms with Crippen molar-refractivity contribution in [1.29, 1.82) is 0 Å². The molecule has 0 spiro atoms. The number of thiophene rings is 1. The molecular formula is C15H15N5O2S. The highest BCUT2D eigenvalue weighted by Gasteiger charge is 2.19. The Morgan fingerprint density at radius 2 is 2.17 bits per heavy atom. The lowest BCUT2D eigenvalue weighted by Gasteiger charge is -2.14. The van der Waals surface area contributed by atoms with E-state index >= 15 is 0 Å².